The van der Waals surface area contributed by atoms with Crippen molar-refractivity contribution in [2.24, 2.45) is 11.8 Å². The molecule has 27 heavy (non-hydrogen) atoms. The van der Waals surface area contributed by atoms with E-state index in [0.717, 1.165) is 45.0 Å². The van der Waals surface area contributed by atoms with E-state index in [1.807, 2.05) is 17.0 Å². The maximum absolute atomic E-state index is 12.7. The molecule has 1 N–H and O–H groups in total. The number of benzene rings is 1. The average molecular weight is 418 g/mol. The number of amides is 1. The van der Waals surface area contributed by atoms with Gasteiger partial charge in [-0.25, -0.2) is 0 Å². The maximum atomic E-state index is 12.7. The average Bonchev–Trinajstić information content (AvgIpc) is 2.68. The van der Waals surface area contributed by atoms with E-state index in [9.17, 15) is 4.79 Å². The minimum atomic E-state index is 0. The van der Waals surface area contributed by atoms with Crippen LogP contribution < -0.4 is 15.0 Å². The molecule has 3 rings (SSSR count). The second-order valence-electron chi connectivity index (χ2n) is 7.34. The Morgan fingerprint density at radius 1 is 1.19 bits per heavy atom. The summed E-state index contributed by atoms with van der Waals surface area (Å²) >= 11 is 0. The fourth-order valence-corrected chi connectivity index (χ4v) is 4.01. The van der Waals surface area contributed by atoms with Crippen LogP contribution in [0, 0.1) is 11.8 Å². The number of anilines is 1. The number of piperazine rings is 1. The molecule has 5 nitrogen and oxygen atoms in total. The lowest BCUT2D eigenvalue weighted by molar-refractivity contribution is -0.132. The van der Waals surface area contributed by atoms with Gasteiger partial charge in [0, 0.05) is 44.4 Å². The molecule has 0 aliphatic carbocycles. The number of carbonyl (C=O) groups is 1. The maximum Gasteiger partial charge on any atom is 0.222 e. The molecular weight excluding hydrogens is 385 g/mol. The second-order valence-corrected chi connectivity index (χ2v) is 7.34. The van der Waals surface area contributed by atoms with E-state index in [4.69, 9.17) is 4.74 Å². The molecule has 1 amide bonds. The third kappa shape index (κ3) is 6.44. The summed E-state index contributed by atoms with van der Waals surface area (Å²) < 4.78 is 5.31. The summed E-state index contributed by atoms with van der Waals surface area (Å²) in [7, 11) is 1.69. The van der Waals surface area contributed by atoms with Crippen LogP contribution >= 0.6 is 24.8 Å². The number of nitrogens with one attached hydrogen (secondary N) is 1. The Morgan fingerprint density at radius 3 is 2.48 bits per heavy atom. The third-order valence-electron chi connectivity index (χ3n) is 5.74. The fourth-order valence-electron chi connectivity index (χ4n) is 4.01. The summed E-state index contributed by atoms with van der Waals surface area (Å²) in [5.41, 5.74) is 1.18. The molecule has 2 aliphatic heterocycles. The quantitative estimate of drug-likeness (QED) is 0.798. The first-order valence-electron chi connectivity index (χ1n) is 9.55. The molecule has 2 saturated heterocycles. The van der Waals surface area contributed by atoms with Gasteiger partial charge >= 0.3 is 0 Å². The van der Waals surface area contributed by atoms with E-state index >= 15 is 0 Å². The Kier molecular flexibility index (Phi) is 10.3. The van der Waals surface area contributed by atoms with Gasteiger partial charge in [-0.05, 0) is 49.9 Å². The molecule has 2 heterocycles. The van der Waals surface area contributed by atoms with Crippen molar-refractivity contribution < 1.29 is 9.53 Å². The Balaban J connectivity index is 0.00000182. The topological polar surface area (TPSA) is 44.8 Å². The molecule has 0 bridgehead atoms. The van der Waals surface area contributed by atoms with Crippen molar-refractivity contribution in [3.63, 3.8) is 0 Å². The predicted octanol–water partition coefficient (Wildman–Crippen LogP) is 3.21. The zero-order valence-electron chi connectivity index (χ0n) is 16.4. The normalized spacial score (nSPS) is 18.9. The lowest BCUT2D eigenvalue weighted by Crippen LogP contribution is -2.49. The highest BCUT2D eigenvalue weighted by molar-refractivity contribution is 5.85. The summed E-state index contributed by atoms with van der Waals surface area (Å²) in [5, 5.41) is 3.41. The number of hydrogen-bond acceptors (Lipinski definition) is 4. The standard InChI is InChI=1S/C20H31N3O2.2ClH/c1-16(17-6-8-21-9-7-17)14-20(24)23-12-10-22(11-13-23)18-4-3-5-19(15-18)25-2;;/h3-5,15-17,21H,6-14H2,1-2H3;2*1H. The van der Waals surface area contributed by atoms with E-state index in [-0.39, 0.29) is 24.8 Å². The minimum Gasteiger partial charge on any atom is -0.497 e. The molecular formula is C20H33Cl2N3O2. The largest absolute Gasteiger partial charge is 0.497 e. The van der Waals surface area contributed by atoms with Crippen molar-refractivity contribution in [3.05, 3.63) is 24.3 Å². The molecule has 0 spiro atoms. The molecule has 0 radical (unpaired) electrons. The first-order valence-corrected chi connectivity index (χ1v) is 9.55. The molecule has 154 valence electrons. The van der Waals surface area contributed by atoms with Crippen molar-refractivity contribution in [1.82, 2.24) is 10.2 Å². The summed E-state index contributed by atoms with van der Waals surface area (Å²) in [6.45, 7) is 7.86. The van der Waals surface area contributed by atoms with Gasteiger partial charge in [-0.3, -0.25) is 4.79 Å². The van der Waals surface area contributed by atoms with Gasteiger partial charge in [0.2, 0.25) is 5.91 Å². The monoisotopic (exact) mass is 417 g/mol. The predicted molar refractivity (Wildman–Crippen MR) is 116 cm³/mol. The Morgan fingerprint density at radius 2 is 1.85 bits per heavy atom. The van der Waals surface area contributed by atoms with Gasteiger partial charge in [-0.2, -0.15) is 0 Å². The Bertz CT molecular complexity index is 574. The molecule has 0 aromatic heterocycles. The Labute approximate surface area is 175 Å². The Hall–Kier alpha value is -1.17. The number of hydrogen-bond donors (Lipinski definition) is 1. The van der Waals surface area contributed by atoms with Crippen LogP contribution in [0.2, 0.25) is 0 Å². The number of piperidine rings is 1. The molecule has 1 aromatic carbocycles. The third-order valence-corrected chi connectivity index (χ3v) is 5.74. The lowest BCUT2D eigenvalue weighted by Gasteiger charge is -2.37. The number of nitrogens with zero attached hydrogens (tertiary/aromatic N) is 2. The first-order chi connectivity index (χ1) is 12.2. The number of carbonyl (C=O) groups excluding carboxylic acids is 1. The van der Waals surface area contributed by atoms with Crippen LogP contribution in [-0.2, 0) is 4.79 Å². The van der Waals surface area contributed by atoms with Gasteiger partial charge in [-0.1, -0.05) is 13.0 Å². The fraction of sp³-hybridized carbons (Fsp3) is 0.650. The second kappa shape index (κ2) is 11.6. The van der Waals surface area contributed by atoms with Crippen LogP contribution in [0.3, 0.4) is 0 Å². The molecule has 1 unspecified atom stereocenters. The van der Waals surface area contributed by atoms with E-state index < -0.39 is 0 Å². The van der Waals surface area contributed by atoms with Crippen LogP contribution in [0.5, 0.6) is 5.75 Å². The zero-order valence-corrected chi connectivity index (χ0v) is 18.0. The van der Waals surface area contributed by atoms with Crippen molar-refractivity contribution in [2.45, 2.75) is 26.2 Å². The van der Waals surface area contributed by atoms with Crippen LogP contribution in [0.25, 0.3) is 0 Å². The van der Waals surface area contributed by atoms with Crippen molar-refractivity contribution in [1.29, 1.82) is 0 Å². The van der Waals surface area contributed by atoms with E-state index in [2.05, 4.69) is 29.3 Å². The summed E-state index contributed by atoms with van der Waals surface area (Å²) in [6.07, 6.45) is 3.11. The highest BCUT2D eigenvalue weighted by Crippen LogP contribution is 2.26. The first kappa shape index (κ1) is 23.9. The van der Waals surface area contributed by atoms with Gasteiger partial charge < -0.3 is 19.9 Å². The highest BCUT2D eigenvalue weighted by atomic mass is 35.5. The SMILES string of the molecule is COc1cccc(N2CCN(C(=O)CC(C)C3CCNCC3)CC2)c1.Cl.Cl. The van der Waals surface area contributed by atoms with Gasteiger partial charge in [0.15, 0.2) is 0 Å². The van der Waals surface area contributed by atoms with Crippen LogP contribution in [0.1, 0.15) is 26.2 Å². The molecule has 0 saturated carbocycles. The van der Waals surface area contributed by atoms with E-state index in [1.165, 1.54) is 18.5 Å². The van der Waals surface area contributed by atoms with Crippen molar-refractivity contribution in [3.8, 4) is 5.75 Å². The highest BCUT2D eigenvalue weighted by Gasteiger charge is 2.26. The smallest absolute Gasteiger partial charge is 0.222 e. The molecule has 7 heteroatoms. The molecule has 1 atom stereocenters. The lowest BCUT2D eigenvalue weighted by atomic mass is 9.84. The van der Waals surface area contributed by atoms with Crippen molar-refractivity contribution >= 4 is 36.4 Å². The number of methoxy groups -OCH3 is 1. The van der Waals surface area contributed by atoms with Gasteiger partial charge in [0.05, 0.1) is 7.11 Å². The molecule has 2 fully saturated rings. The summed E-state index contributed by atoms with van der Waals surface area (Å²) in [5.74, 6) is 2.40. The van der Waals surface area contributed by atoms with Gasteiger partial charge in [0.25, 0.3) is 0 Å². The van der Waals surface area contributed by atoms with Gasteiger partial charge in [-0.15, -0.1) is 24.8 Å². The van der Waals surface area contributed by atoms with Crippen LogP contribution in [-0.4, -0.2) is 57.2 Å². The zero-order chi connectivity index (χ0) is 17.6. The van der Waals surface area contributed by atoms with E-state index in [1.54, 1.807) is 7.11 Å². The molecule has 2 aliphatic rings. The minimum absolute atomic E-state index is 0. The summed E-state index contributed by atoms with van der Waals surface area (Å²) in [6, 6.07) is 8.16. The number of ether oxygens (including phenoxy) is 1. The van der Waals surface area contributed by atoms with Crippen molar-refractivity contribution in [2.75, 3.05) is 51.3 Å². The van der Waals surface area contributed by atoms with Crippen LogP contribution in [0.15, 0.2) is 24.3 Å². The molecule has 1 aromatic rings. The van der Waals surface area contributed by atoms with Crippen LogP contribution in [0.4, 0.5) is 5.69 Å². The van der Waals surface area contributed by atoms with Gasteiger partial charge in [0.1, 0.15) is 5.75 Å². The number of rotatable bonds is 5. The summed E-state index contributed by atoms with van der Waals surface area (Å²) in [4.78, 5) is 17.1. The van der Waals surface area contributed by atoms with E-state index in [0.29, 0.717) is 24.2 Å². The number of halogens is 2.